The third kappa shape index (κ3) is 5.86. The summed E-state index contributed by atoms with van der Waals surface area (Å²) in [5, 5.41) is 12.3. The number of carbonyl (C=O) groups is 1. The largest absolute Gasteiger partial charge is 0.489 e. The summed E-state index contributed by atoms with van der Waals surface area (Å²) in [5.41, 5.74) is 7.02. The molecule has 0 saturated carbocycles. The minimum Gasteiger partial charge on any atom is -0.489 e. The highest BCUT2D eigenvalue weighted by atomic mass is 16.5. The monoisotopic (exact) mass is 490 g/mol. The van der Waals surface area contributed by atoms with Crippen LogP contribution in [0.2, 0.25) is 0 Å². The lowest BCUT2D eigenvalue weighted by atomic mass is 10.1. The molecule has 0 bridgehead atoms. The van der Waals surface area contributed by atoms with Crippen LogP contribution in [0.15, 0.2) is 91.0 Å². The van der Waals surface area contributed by atoms with E-state index in [-0.39, 0.29) is 5.91 Å². The number of carbonyl (C=O) groups excluding carboxylic acids is 1. The minimum atomic E-state index is -0.188. The average Bonchev–Trinajstić information content (AvgIpc) is 3.34. The number of aryl methyl sites for hydroxylation is 2. The Hall–Kier alpha value is -4.45. The van der Waals surface area contributed by atoms with Gasteiger partial charge >= 0.3 is 0 Å². The molecule has 6 nitrogen and oxygen atoms in total. The molecule has 6 heteroatoms. The van der Waals surface area contributed by atoms with Crippen molar-refractivity contribution in [1.82, 2.24) is 15.0 Å². The van der Waals surface area contributed by atoms with Gasteiger partial charge in [0, 0.05) is 11.3 Å². The van der Waals surface area contributed by atoms with Gasteiger partial charge in [0.05, 0.1) is 5.69 Å². The number of benzene rings is 4. The summed E-state index contributed by atoms with van der Waals surface area (Å²) >= 11 is 0. The molecule has 37 heavy (non-hydrogen) atoms. The maximum absolute atomic E-state index is 12.9. The molecule has 0 aliphatic rings. The molecule has 4 aromatic carbocycles. The van der Waals surface area contributed by atoms with Gasteiger partial charge in [-0.3, -0.25) is 4.79 Å². The number of amides is 1. The zero-order valence-electron chi connectivity index (χ0n) is 21.1. The van der Waals surface area contributed by atoms with Gasteiger partial charge in [-0.2, -0.15) is 4.80 Å². The summed E-state index contributed by atoms with van der Waals surface area (Å²) in [6.45, 7) is 4.64. The highest BCUT2D eigenvalue weighted by Gasteiger charge is 2.12. The summed E-state index contributed by atoms with van der Waals surface area (Å²) in [4.78, 5) is 14.6. The first-order chi connectivity index (χ1) is 18.1. The molecular weight excluding hydrogens is 460 g/mol. The smallest absolute Gasteiger partial charge is 0.255 e. The molecule has 1 N–H and O–H groups in total. The minimum absolute atomic E-state index is 0.188. The Balaban J connectivity index is 1.27. The molecule has 1 heterocycles. The number of hydrogen-bond acceptors (Lipinski definition) is 4. The molecule has 5 rings (SSSR count). The van der Waals surface area contributed by atoms with Gasteiger partial charge in [0.15, 0.2) is 0 Å². The van der Waals surface area contributed by atoms with Gasteiger partial charge in [0.1, 0.15) is 23.4 Å². The summed E-state index contributed by atoms with van der Waals surface area (Å²) in [6, 6.07) is 29.3. The van der Waals surface area contributed by atoms with Gasteiger partial charge < -0.3 is 10.1 Å². The SMILES string of the molecule is CCCCc1ccc(-n2nc3cc(C)c(NC(=O)c4ccc(OCc5ccccc5)cc4)cc3n2)cc1. The van der Waals surface area contributed by atoms with Crippen LogP contribution >= 0.6 is 0 Å². The summed E-state index contributed by atoms with van der Waals surface area (Å²) in [5.74, 6) is 0.528. The predicted molar refractivity (Wildman–Crippen MR) is 147 cm³/mol. The van der Waals surface area contributed by atoms with Crippen LogP contribution in [0.5, 0.6) is 5.75 Å². The topological polar surface area (TPSA) is 69.0 Å². The lowest BCUT2D eigenvalue weighted by Crippen LogP contribution is -2.12. The molecule has 186 valence electrons. The average molecular weight is 491 g/mol. The molecule has 0 atom stereocenters. The number of rotatable bonds is 9. The van der Waals surface area contributed by atoms with Crippen molar-refractivity contribution in [3.8, 4) is 11.4 Å². The Morgan fingerprint density at radius 1 is 0.865 bits per heavy atom. The Kier molecular flexibility index (Phi) is 7.26. The van der Waals surface area contributed by atoms with E-state index < -0.39 is 0 Å². The molecule has 5 aromatic rings. The number of unbranched alkanes of at least 4 members (excludes halogenated alkanes) is 1. The van der Waals surface area contributed by atoms with Crippen molar-refractivity contribution in [2.45, 2.75) is 39.7 Å². The number of nitrogens with one attached hydrogen (secondary N) is 1. The molecule has 0 fully saturated rings. The molecule has 0 radical (unpaired) electrons. The molecule has 0 unspecified atom stereocenters. The molecule has 1 aromatic heterocycles. The summed E-state index contributed by atoms with van der Waals surface area (Å²) in [7, 11) is 0. The third-order valence-electron chi connectivity index (χ3n) is 6.33. The van der Waals surface area contributed by atoms with Crippen LogP contribution in [-0.2, 0) is 13.0 Å². The van der Waals surface area contributed by atoms with Crippen LogP contribution in [0.25, 0.3) is 16.7 Å². The van der Waals surface area contributed by atoms with E-state index >= 15 is 0 Å². The van der Waals surface area contributed by atoms with Crippen LogP contribution in [-0.4, -0.2) is 20.9 Å². The van der Waals surface area contributed by atoms with Gasteiger partial charge in [-0.05, 0) is 85.0 Å². The highest BCUT2D eigenvalue weighted by molar-refractivity contribution is 6.05. The first-order valence-corrected chi connectivity index (χ1v) is 12.6. The molecule has 0 aliphatic heterocycles. The maximum atomic E-state index is 12.9. The molecule has 0 aliphatic carbocycles. The fourth-order valence-corrected chi connectivity index (χ4v) is 4.13. The van der Waals surface area contributed by atoms with Gasteiger partial charge in [-0.15, -0.1) is 10.2 Å². The molecule has 0 spiro atoms. The van der Waals surface area contributed by atoms with Gasteiger partial charge in [-0.25, -0.2) is 0 Å². The molecular formula is C31H30N4O2. The molecule has 0 saturated heterocycles. The highest BCUT2D eigenvalue weighted by Crippen LogP contribution is 2.23. The van der Waals surface area contributed by atoms with Crippen molar-refractivity contribution in [2.24, 2.45) is 0 Å². The number of ether oxygens (including phenoxy) is 1. The summed E-state index contributed by atoms with van der Waals surface area (Å²) < 4.78 is 5.83. The fourth-order valence-electron chi connectivity index (χ4n) is 4.13. The third-order valence-corrected chi connectivity index (χ3v) is 6.33. The van der Waals surface area contributed by atoms with Crippen molar-refractivity contribution in [3.05, 3.63) is 113 Å². The van der Waals surface area contributed by atoms with Crippen molar-refractivity contribution < 1.29 is 9.53 Å². The number of fused-ring (bicyclic) bond motifs is 1. The number of anilines is 1. The Morgan fingerprint density at radius 3 is 2.27 bits per heavy atom. The van der Waals surface area contributed by atoms with Gasteiger partial charge in [0.2, 0.25) is 0 Å². The Bertz CT molecular complexity index is 1490. The Labute approximate surface area is 216 Å². The van der Waals surface area contributed by atoms with Crippen LogP contribution in [0.3, 0.4) is 0 Å². The van der Waals surface area contributed by atoms with E-state index in [1.807, 2.05) is 73.7 Å². The van der Waals surface area contributed by atoms with Crippen LogP contribution in [0.4, 0.5) is 5.69 Å². The lowest BCUT2D eigenvalue weighted by molar-refractivity contribution is 0.102. The second-order valence-corrected chi connectivity index (χ2v) is 9.17. The van der Waals surface area contributed by atoms with E-state index in [0.717, 1.165) is 34.3 Å². The normalized spacial score (nSPS) is 11.0. The lowest BCUT2D eigenvalue weighted by Gasteiger charge is -2.10. The van der Waals surface area contributed by atoms with E-state index in [4.69, 9.17) is 4.74 Å². The van der Waals surface area contributed by atoms with Crippen molar-refractivity contribution in [2.75, 3.05) is 5.32 Å². The van der Waals surface area contributed by atoms with Gasteiger partial charge in [-0.1, -0.05) is 55.8 Å². The van der Waals surface area contributed by atoms with Crippen molar-refractivity contribution in [3.63, 3.8) is 0 Å². The van der Waals surface area contributed by atoms with E-state index in [0.29, 0.717) is 23.6 Å². The quantitative estimate of drug-likeness (QED) is 0.244. The summed E-state index contributed by atoms with van der Waals surface area (Å²) in [6.07, 6.45) is 3.45. The standard InChI is InChI=1S/C31H30N4O2/c1-3-4-8-23-11-15-26(16-12-23)35-33-29-19-22(2)28(20-30(29)34-35)32-31(36)25-13-17-27(18-14-25)37-21-24-9-6-5-7-10-24/h5-7,9-20H,3-4,8,21H2,1-2H3,(H,32,36). The number of hydrogen-bond donors (Lipinski definition) is 1. The second-order valence-electron chi connectivity index (χ2n) is 9.17. The van der Waals surface area contributed by atoms with Crippen LogP contribution in [0, 0.1) is 6.92 Å². The van der Waals surface area contributed by atoms with E-state index in [1.165, 1.54) is 18.4 Å². The fraction of sp³-hybridized carbons (Fsp3) is 0.194. The number of nitrogens with zero attached hydrogens (tertiary/aromatic N) is 3. The first kappa shape index (κ1) is 24.3. The van der Waals surface area contributed by atoms with Crippen LogP contribution in [0.1, 0.15) is 46.8 Å². The zero-order chi connectivity index (χ0) is 25.6. The van der Waals surface area contributed by atoms with E-state index in [1.54, 1.807) is 16.9 Å². The predicted octanol–water partition coefficient (Wildman–Crippen LogP) is 6.90. The maximum Gasteiger partial charge on any atom is 0.255 e. The second kappa shape index (κ2) is 11.1. The van der Waals surface area contributed by atoms with E-state index in [9.17, 15) is 4.79 Å². The number of aromatic nitrogens is 3. The first-order valence-electron chi connectivity index (χ1n) is 12.6. The zero-order valence-corrected chi connectivity index (χ0v) is 21.1. The van der Waals surface area contributed by atoms with Crippen molar-refractivity contribution >= 4 is 22.6 Å². The van der Waals surface area contributed by atoms with Crippen LogP contribution < -0.4 is 10.1 Å². The Morgan fingerprint density at radius 2 is 1.57 bits per heavy atom. The van der Waals surface area contributed by atoms with E-state index in [2.05, 4.69) is 34.6 Å². The van der Waals surface area contributed by atoms with Crippen molar-refractivity contribution in [1.29, 1.82) is 0 Å². The van der Waals surface area contributed by atoms with Gasteiger partial charge in [0.25, 0.3) is 5.91 Å². The molecule has 1 amide bonds.